The molecule has 1 nitrogen and oxygen atoms in total. The molecule has 0 bridgehead atoms. The number of hydrogen-bond acceptors (Lipinski definition) is 1. The van der Waals surface area contributed by atoms with E-state index in [-0.39, 0.29) is 10.8 Å². The molecule has 2 aromatic rings. The zero-order valence-electron chi connectivity index (χ0n) is 18.8. The number of rotatable bonds is 4. The second-order valence-electron chi connectivity index (χ2n) is 10.1. The molecule has 2 aromatic carbocycles. The van der Waals surface area contributed by atoms with E-state index in [2.05, 4.69) is 86.6 Å². The van der Waals surface area contributed by atoms with Crippen LogP contribution >= 0.6 is 0 Å². The highest BCUT2D eigenvalue weighted by atomic mass is 16.3. The summed E-state index contributed by atoms with van der Waals surface area (Å²) in [4.78, 5) is 0. The molecule has 0 spiro atoms. The normalized spacial score (nSPS) is 13.7. The van der Waals surface area contributed by atoms with Gasteiger partial charge in [-0.25, -0.2) is 0 Å². The predicted octanol–water partition coefficient (Wildman–Crippen LogP) is 7.54. The Morgan fingerprint density at radius 2 is 1.41 bits per heavy atom. The van der Waals surface area contributed by atoms with Crippen molar-refractivity contribution < 1.29 is 5.11 Å². The molecule has 0 aliphatic carbocycles. The zero-order valence-corrected chi connectivity index (χ0v) is 18.8. The van der Waals surface area contributed by atoms with E-state index in [1.807, 2.05) is 6.07 Å². The van der Waals surface area contributed by atoms with Gasteiger partial charge in [0.25, 0.3) is 0 Å². The van der Waals surface area contributed by atoms with Gasteiger partial charge in [-0.3, -0.25) is 0 Å². The Hall–Kier alpha value is -1.76. The first-order chi connectivity index (χ1) is 12.4. The molecule has 0 amide bonds. The second-order valence-corrected chi connectivity index (χ2v) is 10.1. The van der Waals surface area contributed by atoms with E-state index < -0.39 is 0 Å². The van der Waals surface area contributed by atoms with Crippen molar-refractivity contribution in [3.05, 3.63) is 63.7 Å². The average Bonchev–Trinajstić information content (AvgIpc) is 2.51. The van der Waals surface area contributed by atoms with E-state index in [1.54, 1.807) is 0 Å². The summed E-state index contributed by atoms with van der Waals surface area (Å²) < 4.78 is 0. The van der Waals surface area contributed by atoms with Gasteiger partial charge >= 0.3 is 0 Å². The highest BCUT2D eigenvalue weighted by Gasteiger charge is 2.25. The lowest BCUT2D eigenvalue weighted by Gasteiger charge is -2.28. The van der Waals surface area contributed by atoms with E-state index >= 15 is 0 Å². The van der Waals surface area contributed by atoms with Gasteiger partial charge < -0.3 is 5.11 Å². The Labute approximate surface area is 166 Å². The lowest BCUT2D eigenvalue weighted by molar-refractivity contribution is 0.445. The fourth-order valence-electron chi connectivity index (χ4n) is 3.94. The predicted molar refractivity (Wildman–Crippen MR) is 118 cm³/mol. The summed E-state index contributed by atoms with van der Waals surface area (Å²) in [5.74, 6) is 0.776. The largest absolute Gasteiger partial charge is 0.508 e. The van der Waals surface area contributed by atoms with Crippen LogP contribution in [0.1, 0.15) is 101 Å². The molecule has 1 unspecified atom stereocenters. The molecule has 0 radical (unpaired) electrons. The van der Waals surface area contributed by atoms with Gasteiger partial charge in [-0.05, 0) is 70.5 Å². The molecule has 1 N–H and O–H groups in total. The van der Waals surface area contributed by atoms with Crippen LogP contribution in [0, 0.1) is 13.8 Å². The standard InChI is InChI=1S/C26H38O/c1-10-11-20(21-15-19(25(4,5)6)13-12-17(21)2)22-16-23(26(7,8)9)24(27)14-18(22)3/h12-16,20,27H,10-11H2,1-9H3. The number of aromatic hydroxyl groups is 1. The van der Waals surface area contributed by atoms with E-state index in [0.717, 1.165) is 18.4 Å². The zero-order chi connectivity index (χ0) is 20.6. The van der Waals surface area contributed by atoms with Crippen molar-refractivity contribution in [3.8, 4) is 5.75 Å². The monoisotopic (exact) mass is 366 g/mol. The Balaban J connectivity index is 2.70. The van der Waals surface area contributed by atoms with Crippen LogP contribution in [0.2, 0.25) is 0 Å². The minimum Gasteiger partial charge on any atom is -0.508 e. The molecule has 0 saturated heterocycles. The molecule has 0 saturated carbocycles. The molecule has 0 fully saturated rings. The van der Waals surface area contributed by atoms with Crippen LogP contribution < -0.4 is 0 Å². The first kappa shape index (κ1) is 21.5. The van der Waals surface area contributed by atoms with Crippen molar-refractivity contribution in [1.29, 1.82) is 0 Å². The summed E-state index contributed by atoms with van der Waals surface area (Å²) in [6.07, 6.45) is 2.25. The van der Waals surface area contributed by atoms with Crippen molar-refractivity contribution in [3.63, 3.8) is 0 Å². The molecule has 0 aliphatic heterocycles. The van der Waals surface area contributed by atoms with Crippen LogP contribution in [0.15, 0.2) is 30.3 Å². The first-order valence-electron chi connectivity index (χ1n) is 10.3. The summed E-state index contributed by atoms with van der Waals surface area (Å²) in [6.45, 7) is 20.0. The van der Waals surface area contributed by atoms with Crippen molar-refractivity contribution in [2.45, 2.75) is 91.9 Å². The van der Waals surface area contributed by atoms with E-state index in [1.165, 1.54) is 27.8 Å². The third-order valence-corrected chi connectivity index (χ3v) is 5.67. The molecule has 1 heteroatoms. The molecule has 0 aromatic heterocycles. The minimum absolute atomic E-state index is 0.0778. The summed E-state index contributed by atoms with van der Waals surface area (Å²) in [7, 11) is 0. The van der Waals surface area contributed by atoms with Gasteiger partial charge in [0.15, 0.2) is 0 Å². The minimum atomic E-state index is -0.0778. The molecule has 2 rings (SSSR count). The first-order valence-corrected chi connectivity index (χ1v) is 10.3. The van der Waals surface area contributed by atoms with Crippen LogP contribution in [0.3, 0.4) is 0 Å². The second kappa shape index (κ2) is 7.70. The molecule has 0 heterocycles. The summed E-state index contributed by atoms with van der Waals surface area (Å²) in [6, 6.07) is 11.2. The lowest BCUT2D eigenvalue weighted by Crippen LogP contribution is -2.15. The van der Waals surface area contributed by atoms with Gasteiger partial charge in [-0.15, -0.1) is 0 Å². The van der Waals surface area contributed by atoms with Crippen LogP contribution in [0.5, 0.6) is 5.75 Å². The van der Waals surface area contributed by atoms with Crippen LogP contribution in [0.25, 0.3) is 0 Å². The Morgan fingerprint density at radius 1 is 0.815 bits per heavy atom. The molecule has 1 atom stereocenters. The number of phenolic OH excluding ortho intramolecular Hbond substituents is 1. The average molecular weight is 367 g/mol. The van der Waals surface area contributed by atoms with Crippen molar-refractivity contribution >= 4 is 0 Å². The number of benzene rings is 2. The van der Waals surface area contributed by atoms with E-state index in [0.29, 0.717) is 11.7 Å². The molecule has 27 heavy (non-hydrogen) atoms. The third-order valence-electron chi connectivity index (χ3n) is 5.67. The quantitative estimate of drug-likeness (QED) is 0.592. The van der Waals surface area contributed by atoms with Crippen molar-refractivity contribution in [1.82, 2.24) is 0 Å². The maximum atomic E-state index is 10.5. The smallest absolute Gasteiger partial charge is 0.119 e. The molecular formula is C26H38O. The highest BCUT2D eigenvalue weighted by Crippen LogP contribution is 2.40. The topological polar surface area (TPSA) is 20.2 Å². The van der Waals surface area contributed by atoms with Crippen LogP contribution in [-0.4, -0.2) is 5.11 Å². The highest BCUT2D eigenvalue weighted by molar-refractivity contribution is 5.50. The number of phenols is 1. The molecular weight excluding hydrogens is 328 g/mol. The maximum Gasteiger partial charge on any atom is 0.119 e. The SMILES string of the molecule is CCCC(c1cc(C(C)(C)C)ccc1C)c1cc(C(C)(C)C)c(O)cc1C. The summed E-state index contributed by atoms with van der Waals surface area (Å²) >= 11 is 0. The van der Waals surface area contributed by atoms with Gasteiger partial charge in [0.05, 0.1) is 0 Å². The molecule has 148 valence electrons. The van der Waals surface area contributed by atoms with Crippen molar-refractivity contribution in [2.75, 3.05) is 0 Å². The fraction of sp³-hybridized carbons (Fsp3) is 0.538. The van der Waals surface area contributed by atoms with Crippen LogP contribution in [0.4, 0.5) is 0 Å². The van der Waals surface area contributed by atoms with Gasteiger partial charge in [-0.1, -0.05) is 79.2 Å². The van der Waals surface area contributed by atoms with Gasteiger partial charge in [0.2, 0.25) is 0 Å². The summed E-state index contributed by atoms with van der Waals surface area (Å²) in [5.41, 5.74) is 7.80. The van der Waals surface area contributed by atoms with Crippen LogP contribution in [-0.2, 0) is 10.8 Å². The Bertz CT molecular complexity index is 800. The Kier molecular flexibility index (Phi) is 6.14. The van der Waals surface area contributed by atoms with Gasteiger partial charge in [0, 0.05) is 5.92 Å². The van der Waals surface area contributed by atoms with Gasteiger partial charge in [0.1, 0.15) is 5.75 Å². The third kappa shape index (κ3) is 4.75. The fourth-order valence-corrected chi connectivity index (χ4v) is 3.94. The van der Waals surface area contributed by atoms with E-state index in [4.69, 9.17) is 0 Å². The van der Waals surface area contributed by atoms with Crippen molar-refractivity contribution in [2.24, 2.45) is 0 Å². The van der Waals surface area contributed by atoms with E-state index in [9.17, 15) is 5.11 Å². The Morgan fingerprint density at radius 3 is 1.93 bits per heavy atom. The number of hydrogen-bond donors (Lipinski definition) is 1. The number of aryl methyl sites for hydroxylation is 2. The molecule has 0 aliphatic rings. The maximum absolute atomic E-state index is 10.5. The summed E-state index contributed by atoms with van der Waals surface area (Å²) in [5, 5.41) is 10.5. The van der Waals surface area contributed by atoms with Gasteiger partial charge in [-0.2, -0.15) is 0 Å². The lowest BCUT2D eigenvalue weighted by atomic mass is 9.77.